The van der Waals surface area contributed by atoms with Gasteiger partial charge in [0.15, 0.2) is 0 Å². The molecule has 0 aliphatic rings. The second-order valence-corrected chi connectivity index (χ2v) is 5.23. The summed E-state index contributed by atoms with van der Waals surface area (Å²) in [6.45, 7) is 2.15. The lowest BCUT2D eigenvalue weighted by Gasteiger charge is -1.98. The molecule has 0 amide bonds. The van der Waals surface area contributed by atoms with Crippen molar-refractivity contribution in [2.45, 2.75) is 25.5 Å². The van der Waals surface area contributed by atoms with Crippen molar-refractivity contribution in [3.8, 4) is 11.8 Å². The number of hydrogen-bond acceptors (Lipinski definition) is 3. The number of aliphatic hydroxyl groups is 1. The van der Waals surface area contributed by atoms with E-state index in [2.05, 4.69) is 24.1 Å². The van der Waals surface area contributed by atoms with Crippen LogP contribution >= 0.6 is 23.1 Å². The Morgan fingerprint density at radius 2 is 2.40 bits per heavy atom. The van der Waals surface area contributed by atoms with Crippen LogP contribution in [0, 0.1) is 11.8 Å². The molecule has 1 N–H and O–H groups in total. The molecule has 1 heterocycles. The number of thiophene rings is 1. The molecule has 1 nitrogen and oxygen atoms in total. The zero-order valence-corrected chi connectivity index (χ0v) is 10.6. The lowest BCUT2D eigenvalue weighted by molar-refractivity contribution is 0.350. The van der Waals surface area contributed by atoms with Crippen LogP contribution in [0.25, 0.3) is 0 Å². The fourth-order valence-electron chi connectivity index (χ4n) is 1.11. The van der Waals surface area contributed by atoms with Gasteiger partial charge in [0, 0.05) is 16.2 Å². The molecular formula is C12H16OS2. The van der Waals surface area contributed by atoms with Crippen LogP contribution in [-0.4, -0.2) is 17.5 Å². The van der Waals surface area contributed by atoms with E-state index in [-0.39, 0.29) is 6.61 Å². The second kappa shape index (κ2) is 7.81. The summed E-state index contributed by atoms with van der Waals surface area (Å²) in [6, 6.07) is 2.03. The normalized spacial score (nSPS) is 9.73. The van der Waals surface area contributed by atoms with Crippen LogP contribution in [0.2, 0.25) is 0 Å². The maximum atomic E-state index is 8.63. The van der Waals surface area contributed by atoms with Crippen LogP contribution in [-0.2, 0) is 5.75 Å². The van der Waals surface area contributed by atoms with Crippen LogP contribution in [0.3, 0.4) is 0 Å². The first kappa shape index (κ1) is 12.6. The van der Waals surface area contributed by atoms with Gasteiger partial charge < -0.3 is 5.11 Å². The van der Waals surface area contributed by atoms with E-state index in [4.69, 9.17) is 5.11 Å². The maximum Gasteiger partial charge on any atom is 0.104 e. The van der Waals surface area contributed by atoms with Crippen molar-refractivity contribution in [3.05, 3.63) is 21.9 Å². The number of rotatable bonds is 5. The molecule has 1 aromatic heterocycles. The quantitative estimate of drug-likeness (QED) is 0.630. The number of unbranched alkanes of at least 4 members (excludes halogenated alkanes) is 1. The van der Waals surface area contributed by atoms with E-state index >= 15 is 0 Å². The minimum Gasteiger partial charge on any atom is -0.384 e. The largest absolute Gasteiger partial charge is 0.384 e. The molecule has 1 rings (SSSR count). The molecular weight excluding hydrogens is 224 g/mol. The van der Waals surface area contributed by atoms with Crippen molar-refractivity contribution in [3.63, 3.8) is 0 Å². The van der Waals surface area contributed by atoms with E-state index in [1.165, 1.54) is 23.5 Å². The highest BCUT2D eigenvalue weighted by Gasteiger charge is 2.01. The summed E-state index contributed by atoms with van der Waals surface area (Å²) in [5, 5.41) is 10.7. The lowest BCUT2D eigenvalue weighted by atomic mass is 10.3. The maximum absolute atomic E-state index is 8.63. The molecule has 0 aromatic carbocycles. The molecule has 0 aliphatic carbocycles. The Morgan fingerprint density at radius 1 is 1.53 bits per heavy atom. The Labute approximate surface area is 99.9 Å². The highest BCUT2D eigenvalue weighted by molar-refractivity contribution is 7.98. The highest BCUT2D eigenvalue weighted by Crippen LogP contribution is 2.22. The van der Waals surface area contributed by atoms with Crippen molar-refractivity contribution in [1.29, 1.82) is 0 Å². The third-order valence-electron chi connectivity index (χ3n) is 1.92. The molecule has 0 spiro atoms. The van der Waals surface area contributed by atoms with Crippen LogP contribution in [0.5, 0.6) is 0 Å². The van der Waals surface area contributed by atoms with E-state index in [1.54, 1.807) is 11.3 Å². The average Bonchev–Trinajstić information content (AvgIpc) is 2.69. The second-order valence-electron chi connectivity index (χ2n) is 3.12. The number of hydrogen-bond donors (Lipinski definition) is 1. The van der Waals surface area contributed by atoms with Gasteiger partial charge in [-0.15, -0.1) is 11.3 Å². The van der Waals surface area contributed by atoms with Gasteiger partial charge in [0.05, 0.1) is 0 Å². The van der Waals surface area contributed by atoms with E-state index in [1.807, 2.05) is 17.8 Å². The van der Waals surface area contributed by atoms with Gasteiger partial charge >= 0.3 is 0 Å². The van der Waals surface area contributed by atoms with Gasteiger partial charge in [0.25, 0.3) is 0 Å². The number of aliphatic hydroxyl groups excluding tert-OH is 1. The Kier molecular flexibility index (Phi) is 6.58. The molecule has 0 saturated heterocycles. The average molecular weight is 240 g/mol. The van der Waals surface area contributed by atoms with Crippen molar-refractivity contribution >= 4 is 23.1 Å². The monoisotopic (exact) mass is 240 g/mol. The molecule has 0 saturated carbocycles. The van der Waals surface area contributed by atoms with Crippen LogP contribution in [0.15, 0.2) is 11.4 Å². The minimum atomic E-state index is -0.0573. The van der Waals surface area contributed by atoms with Gasteiger partial charge in [-0.25, -0.2) is 0 Å². The fourth-order valence-corrected chi connectivity index (χ4v) is 3.22. The number of thioether (sulfide) groups is 1. The Morgan fingerprint density at radius 3 is 3.13 bits per heavy atom. The molecule has 0 aliphatic heterocycles. The summed E-state index contributed by atoms with van der Waals surface area (Å²) >= 11 is 3.72. The van der Waals surface area contributed by atoms with Gasteiger partial charge in [0.2, 0.25) is 0 Å². The van der Waals surface area contributed by atoms with Crippen molar-refractivity contribution < 1.29 is 5.11 Å². The van der Waals surface area contributed by atoms with Crippen molar-refractivity contribution in [2.24, 2.45) is 0 Å². The summed E-state index contributed by atoms with van der Waals surface area (Å²) in [4.78, 5) is 1.33. The van der Waals surface area contributed by atoms with E-state index in [0.717, 1.165) is 11.3 Å². The fraction of sp³-hybridized carbons (Fsp3) is 0.500. The molecule has 0 fully saturated rings. The van der Waals surface area contributed by atoms with E-state index in [9.17, 15) is 0 Å². The first-order chi connectivity index (χ1) is 7.38. The molecule has 82 valence electrons. The predicted molar refractivity (Wildman–Crippen MR) is 69.4 cm³/mol. The zero-order valence-electron chi connectivity index (χ0n) is 8.95. The Hall–Kier alpha value is -0.430. The molecule has 0 bridgehead atoms. The van der Waals surface area contributed by atoms with Crippen molar-refractivity contribution in [1.82, 2.24) is 0 Å². The van der Waals surface area contributed by atoms with Gasteiger partial charge in [-0.2, -0.15) is 11.8 Å². The molecule has 1 aromatic rings. The van der Waals surface area contributed by atoms with Gasteiger partial charge in [-0.05, 0) is 23.6 Å². The smallest absolute Gasteiger partial charge is 0.104 e. The SMILES string of the molecule is CCCCSCc1sccc1C#CCO. The minimum absolute atomic E-state index is 0.0573. The molecule has 15 heavy (non-hydrogen) atoms. The Bertz CT molecular complexity index is 333. The zero-order chi connectivity index (χ0) is 10.9. The van der Waals surface area contributed by atoms with Crippen LogP contribution in [0.1, 0.15) is 30.2 Å². The van der Waals surface area contributed by atoms with E-state index < -0.39 is 0 Å². The Balaban J connectivity index is 2.43. The van der Waals surface area contributed by atoms with Crippen LogP contribution < -0.4 is 0 Å². The first-order valence-corrected chi connectivity index (χ1v) is 7.15. The highest BCUT2D eigenvalue weighted by atomic mass is 32.2. The molecule has 0 atom stereocenters. The summed E-state index contributed by atoms with van der Waals surface area (Å²) in [5.41, 5.74) is 1.08. The van der Waals surface area contributed by atoms with Gasteiger partial charge in [-0.1, -0.05) is 25.2 Å². The third kappa shape index (κ3) is 4.74. The predicted octanol–water partition coefficient (Wildman–Crippen LogP) is 3.13. The van der Waals surface area contributed by atoms with Gasteiger partial charge in [0.1, 0.15) is 6.61 Å². The summed E-state index contributed by atoms with van der Waals surface area (Å²) in [7, 11) is 0. The van der Waals surface area contributed by atoms with Gasteiger partial charge in [-0.3, -0.25) is 0 Å². The summed E-state index contributed by atoms with van der Waals surface area (Å²) < 4.78 is 0. The third-order valence-corrected chi connectivity index (χ3v) is 4.10. The molecule has 0 unspecified atom stereocenters. The molecule has 0 radical (unpaired) electrons. The lowest BCUT2D eigenvalue weighted by Crippen LogP contribution is -1.83. The molecule has 3 heteroatoms. The first-order valence-electron chi connectivity index (χ1n) is 5.12. The summed E-state index contributed by atoms with van der Waals surface area (Å²) in [5.74, 6) is 7.95. The standard InChI is InChI=1S/C12H16OS2/c1-2-3-8-14-10-12-11(5-4-7-13)6-9-15-12/h6,9,13H,2-3,7-8,10H2,1H3. The van der Waals surface area contributed by atoms with E-state index in [0.29, 0.717) is 0 Å². The summed E-state index contributed by atoms with van der Waals surface area (Å²) in [6.07, 6.45) is 2.54. The topological polar surface area (TPSA) is 20.2 Å². The van der Waals surface area contributed by atoms with Crippen LogP contribution in [0.4, 0.5) is 0 Å². The van der Waals surface area contributed by atoms with Crippen molar-refractivity contribution in [2.75, 3.05) is 12.4 Å².